The monoisotopic (exact) mass is 611 g/mol. The number of aryl methyl sites for hydroxylation is 3. The lowest BCUT2D eigenvalue weighted by Gasteiger charge is -2.09. The maximum atomic E-state index is 13.2. The van der Waals surface area contributed by atoms with E-state index in [2.05, 4.69) is 58.1 Å². The summed E-state index contributed by atoms with van der Waals surface area (Å²) in [4.78, 5) is 38.0. The van der Waals surface area contributed by atoms with E-state index in [-0.39, 0.29) is 5.56 Å². The number of pyridine rings is 1. The Labute approximate surface area is 225 Å². The fourth-order valence-electron chi connectivity index (χ4n) is 3.66. The number of imidazole rings is 1. The van der Waals surface area contributed by atoms with Crippen molar-refractivity contribution in [3.63, 3.8) is 0 Å². The van der Waals surface area contributed by atoms with Crippen LogP contribution in [0.4, 0.5) is 13.2 Å². The first-order chi connectivity index (χ1) is 18.6. The van der Waals surface area contributed by atoms with Gasteiger partial charge in [0.05, 0.1) is 0 Å². The second-order valence-electron chi connectivity index (χ2n) is 8.19. The molecule has 0 amide bonds. The molecule has 17 heteroatoms. The van der Waals surface area contributed by atoms with Crippen LogP contribution in [0.2, 0.25) is 0 Å². The van der Waals surface area contributed by atoms with Crippen LogP contribution in [0.1, 0.15) is 37.9 Å². The van der Waals surface area contributed by atoms with E-state index < -0.39 is 12.1 Å². The van der Waals surface area contributed by atoms with Crippen LogP contribution in [-0.4, -0.2) is 61.5 Å². The van der Waals surface area contributed by atoms with Crippen molar-refractivity contribution < 1.29 is 27.6 Å². The van der Waals surface area contributed by atoms with Crippen LogP contribution in [0.15, 0.2) is 38.6 Å². The Bertz CT molecular complexity index is 1640. The normalized spacial score (nSPS) is 11.6. The topological polar surface area (TPSA) is 170 Å². The number of carboxylic acid groups (broad SMARTS) is 1. The van der Waals surface area contributed by atoms with Crippen LogP contribution >= 0.6 is 15.9 Å². The molecule has 0 unspecified atom stereocenters. The molecule has 206 valence electrons. The molecule has 0 saturated carbocycles. The van der Waals surface area contributed by atoms with Gasteiger partial charge in [0, 0.05) is 37.3 Å². The first-order valence-corrected chi connectivity index (χ1v) is 12.4. The highest BCUT2D eigenvalue weighted by Crippen LogP contribution is 2.18. The summed E-state index contributed by atoms with van der Waals surface area (Å²) in [6.45, 7) is 2.84. The predicted molar refractivity (Wildman–Crippen MR) is 133 cm³/mol. The number of fused-ring (bicyclic) bond motifs is 2. The highest BCUT2D eigenvalue weighted by molar-refractivity contribution is 9.10. The number of aromatic nitrogens is 9. The lowest BCUT2D eigenvalue weighted by Crippen LogP contribution is -2.21. The number of nitrogens with zero attached hydrogens (tertiary/aromatic N) is 8. The molecule has 0 aromatic carbocycles. The van der Waals surface area contributed by atoms with Crippen LogP contribution in [0.3, 0.4) is 0 Å². The summed E-state index contributed by atoms with van der Waals surface area (Å²) in [5, 5.41) is 19.8. The third-order valence-corrected chi connectivity index (χ3v) is 5.86. The minimum atomic E-state index is -5.08. The zero-order valence-electron chi connectivity index (χ0n) is 20.3. The van der Waals surface area contributed by atoms with Crippen molar-refractivity contribution in [2.75, 3.05) is 0 Å². The molecule has 0 aliphatic carbocycles. The van der Waals surface area contributed by atoms with E-state index in [9.17, 15) is 18.0 Å². The Hall–Kier alpha value is -4.15. The molecule has 39 heavy (non-hydrogen) atoms. The van der Waals surface area contributed by atoms with E-state index in [0.717, 1.165) is 24.8 Å². The molecule has 13 nitrogen and oxygen atoms in total. The molecule has 0 saturated heterocycles. The van der Waals surface area contributed by atoms with Gasteiger partial charge in [0.2, 0.25) is 17.5 Å². The number of unbranched alkanes of at least 4 members (excludes halogenated alkanes) is 2. The standard InChI is InChI=1S/C20H20BrN9O2.C2HF3O2/c1-2-3-4-11-29-17-15(24-19(21)25-17)18(31)30-13(26-27-20(29)30)5-6-14-23-16(28-32-14)12-7-9-22-10-8-12;3-2(4,5)1(6)7/h7-10H,2-6,11H2,1H3,(H,24,25);(H,6,7). The summed E-state index contributed by atoms with van der Waals surface area (Å²) >= 11 is 3.34. The zero-order valence-corrected chi connectivity index (χ0v) is 21.9. The summed E-state index contributed by atoms with van der Waals surface area (Å²) < 4.78 is 41.1. The van der Waals surface area contributed by atoms with Crippen molar-refractivity contribution in [2.45, 2.75) is 51.7 Å². The SMILES string of the molecule is CCCCCn1c2nc(Br)[nH]c2c(=O)n2c(CCc3nc(-c4ccncc4)no3)nnc12.O=C(O)C(F)(F)F. The molecule has 0 fully saturated rings. The second-order valence-corrected chi connectivity index (χ2v) is 8.94. The van der Waals surface area contributed by atoms with Crippen LogP contribution < -0.4 is 5.56 Å². The summed E-state index contributed by atoms with van der Waals surface area (Å²) in [7, 11) is 0. The summed E-state index contributed by atoms with van der Waals surface area (Å²) in [6, 6.07) is 3.63. The molecule has 0 radical (unpaired) electrons. The molecular weight excluding hydrogens is 591 g/mol. The maximum absolute atomic E-state index is 13.2. The molecule has 5 aromatic heterocycles. The fraction of sp³-hybridized carbons (Fsp3) is 0.364. The number of alkyl halides is 3. The van der Waals surface area contributed by atoms with Crippen LogP contribution in [0.25, 0.3) is 28.3 Å². The van der Waals surface area contributed by atoms with E-state index >= 15 is 0 Å². The Morgan fingerprint density at radius 1 is 1.15 bits per heavy atom. The van der Waals surface area contributed by atoms with Crippen LogP contribution in [0, 0.1) is 0 Å². The summed E-state index contributed by atoms with van der Waals surface area (Å²) in [5.74, 6) is -0.786. The van der Waals surface area contributed by atoms with Gasteiger partial charge >= 0.3 is 12.1 Å². The Morgan fingerprint density at radius 2 is 1.87 bits per heavy atom. The van der Waals surface area contributed by atoms with Gasteiger partial charge in [-0.1, -0.05) is 24.9 Å². The fourth-order valence-corrected chi connectivity index (χ4v) is 4.02. The largest absolute Gasteiger partial charge is 0.490 e. The number of H-pyrrole nitrogens is 1. The maximum Gasteiger partial charge on any atom is 0.490 e. The van der Waals surface area contributed by atoms with E-state index in [0.29, 0.717) is 58.6 Å². The molecule has 0 atom stereocenters. The van der Waals surface area contributed by atoms with Gasteiger partial charge in [-0.15, -0.1) is 10.2 Å². The van der Waals surface area contributed by atoms with Crippen molar-refractivity contribution in [1.82, 2.24) is 44.3 Å². The van der Waals surface area contributed by atoms with Gasteiger partial charge < -0.3 is 14.6 Å². The summed E-state index contributed by atoms with van der Waals surface area (Å²) in [5.41, 5.74) is 1.58. The average molecular weight is 612 g/mol. The van der Waals surface area contributed by atoms with Gasteiger partial charge in [0.1, 0.15) is 5.82 Å². The predicted octanol–water partition coefficient (Wildman–Crippen LogP) is 3.58. The third kappa shape index (κ3) is 6.30. The van der Waals surface area contributed by atoms with E-state index in [4.69, 9.17) is 14.4 Å². The second kappa shape index (κ2) is 11.7. The van der Waals surface area contributed by atoms with Crippen LogP contribution in [0.5, 0.6) is 0 Å². The Kier molecular flexibility index (Phi) is 8.37. The number of carbonyl (C=O) groups is 1. The van der Waals surface area contributed by atoms with Crippen molar-refractivity contribution in [3.05, 3.63) is 51.3 Å². The molecule has 0 spiro atoms. The van der Waals surface area contributed by atoms with E-state index in [1.54, 1.807) is 16.8 Å². The quantitative estimate of drug-likeness (QED) is 0.195. The summed E-state index contributed by atoms with van der Waals surface area (Å²) in [6.07, 6.45) is 2.23. The van der Waals surface area contributed by atoms with Crippen molar-refractivity contribution in [3.8, 4) is 11.4 Å². The number of aliphatic carboxylic acids is 1. The minimum absolute atomic E-state index is 0.233. The average Bonchev–Trinajstić information content (AvgIpc) is 3.64. The van der Waals surface area contributed by atoms with Crippen molar-refractivity contribution in [1.29, 1.82) is 0 Å². The van der Waals surface area contributed by atoms with E-state index in [1.807, 2.05) is 16.7 Å². The number of carboxylic acids is 1. The molecule has 5 aromatic rings. The number of hydrogen-bond donors (Lipinski definition) is 2. The van der Waals surface area contributed by atoms with Gasteiger partial charge in [-0.2, -0.15) is 18.2 Å². The molecule has 5 rings (SSSR count). The number of halogens is 4. The lowest BCUT2D eigenvalue weighted by molar-refractivity contribution is -0.192. The van der Waals surface area contributed by atoms with E-state index in [1.165, 1.54) is 0 Å². The number of hydrogen-bond acceptors (Lipinski definition) is 9. The first kappa shape index (κ1) is 27.9. The van der Waals surface area contributed by atoms with Gasteiger partial charge in [-0.3, -0.25) is 14.3 Å². The highest BCUT2D eigenvalue weighted by atomic mass is 79.9. The van der Waals surface area contributed by atoms with Crippen LogP contribution in [-0.2, 0) is 24.2 Å². The molecule has 0 aliphatic rings. The Morgan fingerprint density at radius 3 is 2.54 bits per heavy atom. The number of aromatic amines is 1. The minimum Gasteiger partial charge on any atom is -0.475 e. The third-order valence-electron chi connectivity index (χ3n) is 5.48. The molecule has 0 bridgehead atoms. The molecule has 2 N–H and O–H groups in total. The van der Waals surface area contributed by atoms with Gasteiger partial charge in [0.25, 0.3) is 5.56 Å². The Balaban J connectivity index is 0.000000448. The smallest absolute Gasteiger partial charge is 0.475 e. The van der Waals surface area contributed by atoms with Crippen molar-refractivity contribution >= 4 is 38.8 Å². The zero-order chi connectivity index (χ0) is 28.2. The van der Waals surface area contributed by atoms with Gasteiger partial charge in [0.15, 0.2) is 15.9 Å². The molecule has 0 aliphatic heterocycles. The van der Waals surface area contributed by atoms with Crippen molar-refractivity contribution in [2.24, 2.45) is 0 Å². The first-order valence-electron chi connectivity index (χ1n) is 11.6. The number of nitrogens with one attached hydrogen (secondary N) is 1. The highest BCUT2D eigenvalue weighted by Gasteiger charge is 2.38. The van der Waals surface area contributed by atoms with Gasteiger partial charge in [-0.05, 0) is 34.5 Å². The van der Waals surface area contributed by atoms with Gasteiger partial charge in [-0.25, -0.2) is 14.2 Å². The number of rotatable bonds is 8. The molecular formula is C22H21BrF3N9O4. The lowest BCUT2D eigenvalue weighted by atomic mass is 10.2. The molecule has 5 heterocycles.